The number of hydrogen-bond donors (Lipinski definition) is 2. The molecule has 0 spiro atoms. The fourth-order valence-electron chi connectivity index (χ4n) is 1.97. The zero-order valence-corrected chi connectivity index (χ0v) is 12.9. The molecular weight excluding hydrogens is 292 g/mol. The summed E-state index contributed by atoms with van der Waals surface area (Å²) < 4.78 is 10.6. The third-order valence-electron chi connectivity index (χ3n) is 3.10. The van der Waals surface area contributed by atoms with Gasteiger partial charge in [0.2, 0.25) is 0 Å². The van der Waals surface area contributed by atoms with E-state index >= 15 is 0 Å². The molecule has 0 saturated carbocycles. The van der Waals surface area contributed by atoms with Crippen molar-refractivity contribution in [3.8, 4) is 11.5 Å². The van der Waals surface area contributed by atoms with E-state index in [1.165, 1.54) is 5.57 Å². The Morgan fingerprint density at radius 1 is 1.33 bits per heavy atom. The molecule has 1 aromatic carbocycles. The molecule has 0 radical (unpaired) electrons. The highest BCUT2D eigenvalue weighted by Gasteiger charge is 2.08. The van der Waals surface area contributed by atoms with E-state index in [-0.39, 0.29) is 24.9 Å². The maximum absolute atomic E-state index is 11.7. The molecule has 1 amide bonds. The lowest BCUT2D eigenvalue weighted by Gasteiger charge is -2.15. The number of halogens is 1. The van der Waals surface area contributed by atoms with E-state index in [9.17, 15) is 4.79 Å². The number of methoxy groups -OCH3 is 1. The van der Waals surface area contributed by atoms with Crippen LogP contribution < -0.4 is 20.1 Å². The van der Waals surface area contributed by atoms with Crippen LogP contribution in [0.25, 0.3) is 0 Å². The molecule has 1 aromatic rings. The molecular formula is C15H21ClN2O3. The van der Waals surface area contributed by atoms with Crippen LogP contribution in [0.5, 0.6) is 11.5 Å². The predicted molar refractivity (Wildman–Crippen MR) is 84.3 cm³/mol. The van der Waals surface area contributed by atoms with Crippen molar-refractivity contribution in [2.24, 2.45) is 0 Å². The molecule has 1 heterocycles. The topological polar surface area (TPSA) is 59.6 Å². The lowest BCUT2D eigenvalue weighted by molar-refractivity contribution is -0.122. The molecule has 5 nitrogen and oxygen atoms in total. The van der Waals surface area contributed by atoms with Crippen LogP contribution in [0.15, 0.2) is 35.9 Å². The summed E-state index contributed by atoms with van der Waals surface area (Å²) in [5.41, 5.74) is 1.26. The van der Waals surface area contributed by atoms with Crippen LogP contribution in [0.2, 0.25) is 0 Å². The number of carbonyl (C=O) groups excluding carboxylic acids is 1. The summed E-state index contributed by atoms with van der Waals surface area (Å²) in [5, 5.41) is 6.09. The smallest absolute Gasteiger partial charge is 0.258 e. The third kappa shape index (κ3) is 5.65. The summed E-state index contributed by atoms with van der Waals surface area (Å²) in [6.07, 6.45) is 3.10. The molecule has 1 aliphatic rings. The second kappa shape index (κ2) is 9.26. The van der Waals surface area contributed by atoms with Crippen molar-refractivity contribution in [1.29, 1.82) is 0 Å². The first-order valence-corrected chi connectivity index (χ1v) is 6.70. The lowest BCUT2D eigenvalue weighted by Crippen LogP contribution is -2.32. The fourth-order valence-corrected chi connectivity index (χ4v) is 1.97. The molecule has 21 heavy (non-hydrogen) atoms. The molecule has 0 aliphatic carbocycles. The lowest BCUT2D eigenvalue weighted by atomic mass is 10.1. The average Bonchev–Trinajstić information content (AvgIpc) is 2.52. The number of amides is 1. The molecule has 116 valence electrons. The highest BCUT2D eigenvalue weighted by molar-refractivity contribution is 5.85. The van der Waals surface area contributed by atoms with E-state index in [0.717, 1.165) is 19.5 Å². The van der Waals surface area contributed by atoms with Gasteiger partial charge in [-0.15, -0.1) is 12.4 Å². The monoisotopic (exact) mass is 312 g/mol. The molecule has 2 N–H and O–H groups in total. The van der Waals surface area contributed by atoms with E-state index in [4.69, 9.17) is 9.47 Å². The largest absolute Gasteiger partial charge is 0.493 e. The average molecular weight is 313 g/mol. The summed E-state index contributed by atoms with van der Waals surface area (Å²) in [7, 11) is 1.58. The summed E-state index contributed by atoms with van der Waals surface area (Å²) in [4.78, 5) is 11.7. The zero-order chi connectivity index (χ0) is 14.2. The Hall–Kier alpha value is -1.72. The first kappa shape index (κ1) is 17.3. The Labute approximate surface area is 131 Å². The van der Waals surface area contributed by atoms with Crippen molar-refractivity contribution in [3.05, 3.63) is 35.9 Å². The minimum Gasteiger partial charge on any atom is -0.493 e. The standard InChI is InChI=1S/C15H20N2O3.ClH/c1-19-13-4-2-3-5-14(13)20-11-15(18)17-10-12-6-8-16-9-7-12;/h2-6,16H,7-11H2,1H3,(H,17,18);1H. The van der Waals surface area contributed by atoms with Crippen LogP contribution in [0.4, 0.5) is 0 Å². The summed E-state index contributed by atoms with van der Waals surface area (Å²) in [5.74, 6) is 1.07. The van der Waals surface area contributed by atoms with Crippen LogP contribution >= 0.6 is 12.4 Å². The second-order valence-electron chi connectivity index (χ2n) is 4.53. The highest BCUT2D eigenvalue weighted by atomic mass is 35.5. The zero-order valence-electron chi connectivity index (χ0n) is 12.1. The number of benzene rings is 1. The number of carbonyl (C=O) groups is 1. The Bertz CT molecular complexity index is 492. The van der Waals surface area contributed by atoms with Gasteiger partial charge in [0.1, 0.15) is 0 Å². The van der Waals surface area contributed by atoms with Gasteiger partial charge in [0.15, 0.2) is 18.1 Å². The Kier molecular flexibility index (Phi) is 7.64. The van der Waals surface area contributed by atoms with E-state index < -0.39 is 0 Å². The normalized spacial score (nSPS) is 13.7. The SMILES string of the molecule is COc1ccccc1OCC(=O)NCC1=CCNCC1.Cl. The van der Waals surface area contributed by atoms with Gasteiger partial charge < -0.3 is 20.1 Å². The van der Waals surface area contributed by atoms with Crippen molar-refractivity contribution < 1.29 is 14.3 Å². The van der Waals surface area contributed by atoms with Crippen LogP contribution in [0, 0.1) is 0 Å². The van der Waals surface area contributed by atoms with E-state index in [2.05, 4.69) is 16.7 Å². The number of ether oxygens (including phenoxy) is 2. The van der Waals surface area contributed by atoms with Crippen molar-refractivity contribution in [2.45, 2.75) is 6.42 Å². The fraction of sp³-hybridized carbons (Fsp3) is 0.400. The van der Waals surface area contributed by atoms with E-state index in [0.29, 0.717) is 18.0 Å². The summed E-state index contributed by atoms with van der Waals surface area (Å²) in [6.45, 7) is 2.43. The number of nitrogens with one attached hydrogen (secondary N) is 2. The van der Waals surface area contributed by atoms with Crippen molar-refractivity contribution in [3.63, 3.8) is 0 Å². The Balaban J connectivity index is 0.00000220. The van der Waals surface area contributed by atoms with Crippen molar-refractivity contribution >= 4 is 18.3 Å². The number of hydrogen-bond acceptors (Lipinski definition) is 4. The molecule has 6 heteroatoms. The van der Waals surface area contributed by atoms with Crippen LogP contribution in [0.3, 0.4) is 0 Å². The second-order valence-corrected chi connectivity index (χ2v) is 4.53. The molecule has 0 aromatic heterocycles. The molecule has 0 saturated heterocycles. The predicted octanol–water partition coefficient (Wildman–Crippen LogP) is 1.53. The number of rotatable bonds is 6. The van der Waals surface area contributed by atoms with Gasteiger partial charge in [-0.2, -0.15) is 0 Å². The van der Waals surface area contributed by atoms with Gasteiger partial charge in [0.05, 0.1) is 7.11 Å². The van der Waals surface area contributed by atoms with Crippen LogP contribution in [-0.2, 0) is 4.79 Å². The maximum Gasteiger partial charge on any atom is 0.258 e. The van der Waals surface area contributed by atoms with Crippen molar-refractivity contribution in [1.82, 2.24) is 10.6 Å². The van der Waals surface area contributed by atoms with E-state index in [1.807, 2.05) is 12.1 Å². The Morgan fingerprint density at radius 2 is 2.10 bits per heavy atom. The minimum absolute atomic E-state index is 0. The summed E-state index contributed by atoms with van der Waals surface area (Å²) in [6, 6.07) is 7.28. The van der Waals surface area contributed by atoms with Crippen LogP contribution in [-0.4, -0.2) is 39.3 Å². The van der Waals surface area contributed by atoms with Gasteiger partial charge in [0.25, 0.3) is 5.91 Å². The molecule has 0 bridgehead atoms. The Morgan fingerprint density at radius 3 is 2.76 bits per heavy atom. The molecule has 2 rings (SSSR count). The van der Waals surface area contributed by atoms with Gasteiger partial charge in [-0.25, -0.2) is 0 Å². The van der Waals surface area contributed by atoms with Gasteiger partial charge >= 0.3 is 0 Å². The van der Waals surface area contributed by atoms with Crippen molar-refractivity contribution in [2.75, 3.05) is 33.4 Å². The molecule has 0 atom stereocenters. The minimum atomic E-state index is -0.129. The third-order valence-corrected chi connectivity index (χ3v) is 3.10. The van der Waals surface area contributed by atoms with Crippen LogP contribution in [0.1, 0.15) is 6.42 Å². The van der Waals surface area contributed by atoms with Gasteiger partial charge in [-0.05, 0) is 25.1 Å². The molecule has 1 aliphatic heterocycles. The molecule has 0 unspecified atom stereocenters. The van der Waals surface area contributed by atoms with Gasteiger partial charge in [-0.1, -0.05) is 23.8 Å². The molecule has 0 fully saturated rings. The van der Waals surface area contributed by atoms with E-state index in [1.54, 1.807) is 19.2 Å². The van der Waals surface area contributed by atoms with Gasteiger partial charge in [0, 0.05) is 13.1 Å². The highest BCUT2D eigenvalue weighted by Crippen LogP contribution is 2.25. The van der Waals surface area contributed by atoms with Gasteiger partial charge in [-0.3, -0.25) is 4.79 Å². The summed E-state index contributed by atoms with van der Waals surface area (Å²) >= 11 is 0. The maximum atomic E-state index is 11.7. The number of para-hydroxylation sites is 2. The first-order chi connectivity index (χ1) is 9.79. The first-order valence-electron chi connectivity index (χ1n) is 6.70. The quantitative estimate of drug-likeness (QED) is 0.782.